The van der Waals surface area contributed by atoms with Crippen LogP contribution in [0, 0.1) is 11.3 Å². The van der Waals surface area contributed by atoms with Gasteiger partial charge in [-0.3, -0.25) is 4.57 Å². The number of hydrogen-bond acceptors (Lipinski definition) is 4. The molecule has 1 saturated carbocycles. The molecule has 9 heteroatoms. The molecule has 0 unspecified atom stereocenters. The van der Waals surface area contributed by atoms with Crippen molar-refractivity contribution in [3.05, 3.63) is 90.3 Å². The van der Waals surface area contributed by atoms with Gasteiger partial charge in [0, 0.05) is 23.7 Å². The summed E-state index contributed by atoms with van der Waals surface area (Å²) in [6.07, 6.45) is -0.584. The number of nitriles is 1. The quantitative estimate of drug-likeness (QED) is 0.323. The lowest BCUT2D eigenvalue weighted by atomic mass is 10.0. The lowest BCUT2D eigenvalue weighted by Gasteiger charge is -2.14. The van der Waals surface area contributed by atoms with E-state index in [0.717, 1.165) is 17.9 Å². The number of halogens is 3. The Labute approximate surface area is 206 Å². The van der Waals surface area contributed by atoms with E-state index in [2.05, 4.69) is 11.1 Å². The number of nitrogens with zero attached hydrogens (tertiary/aromatic N) is 3. The van der Waals surface area contributed by atoms with Gasteiger partial charge in [0.15, 0.2) is 9.84 Å². The van der Waals surface area contributed by atoms with Crippen LogP contribution in [0.15, 0.2) is 83.9 Å². The fourth-order valence-electron chi connectivity index (χ4n) is 4.19. The summed E-state index contributed by atoms with van der Waals surface area (Å²) in [5.41, 5.74) is 0.797. The standard InChI is InChI=1S/C27H20F3N3O2S/c1-36(34,35)21-6-4-5-19(15-21)18-9-11-20(12-10-18)33-16-24(26(17-31)13-14-26)32-25(33)22-7-2-3-8-23(22)27(28,29)30/h2-12,15-16H,13-14H2,1H3. The molecule has 0 bridgehead atoms. The number of imidazole rings is 1. The molecule has 182 valence electrons. The monoisotopic (exact) mass is 507 g/mol. The molecule has 1 fully saturated rings. The molecule has 0 amide bonds. The first-order valence-corrected chi connectivity index (χ1v) is 13.0. The van der Waals surface area contributed by atoms with Crippen molar-refractivity contribution >= 4 is 9.84 Å². The van der Waals surface area contributed by atoms with E-state index in [0.29, 0.717) is 29.8 Å². The van der Waals surface area contributed by atoms with Crippen molar-refractivity contribution in [2.24, 2.45) is 0 Å². The molecular weight excluding hydrogens is 487 g/mol. The first-order valence-electron chi connectivity index (χ1n) is 11.1. The summed E-state index contributed by atoms with van der Waals surface area (Å²) >= 11 is 0. The largest absolute Gasteiger partial charge is 0.417 e. The fourth-order valence-corrected chi connectivity index (χ4v) is 4.86. The summed E-state index contributed by atoms with van der Waals surface area (Å²) in [4.78, 5) is 4.72. The Morgan fingerprint density at radius 3 is 2.28 bits per heavy atom. The van der Waals surface area contributed by atoms with E-state index in [1.165, 1.54) is 24.3 Å². The minimum Gasteiger partial charge on any atom is -0.299 e. The summed E-state index contributed by atoms with van der Waals surface area (Å²) in [7, 11) is -3.38. The summed E-state index contributed by atoms with van der Waals surface area (Å²) in [5.74, 6) is 0.103. The molecule has 36 heavy (non-hydrogen) atoms. The molecule has 1 heterocycles. The topological polar surface area (TPSA) is 75.8 Å². The number of aromatic nitrogens is 2. The average Bonchev–Trinajstić information content (AvgIpc) is 3.53. The van der Waals surface area contributed by atoms with Crippen LogP contribution >= 0.6 is 0 Å². The Morgan fingerprint density at radius 2 is 1.67 bits per heavy atom. The van der Waals surface area contributed by atoms with Crippen molar-refractivity contribution in [2.75, 3.05) is 6.26 Å². The fraction of sp³-hybridized carbons (Fsp3) is 0.185. The molecular formula is C27H20F3N3O2S. The number of hydrogen-bond donors (Lipinski definition) is 0. The highest BCUT2D eigenvalue weighted by atomic mass is 32.2. The SMILES string of the molecule is CS(=O)(=O)c1cccc(-c2ccc(-n3cc(C4(C#N)CC4)nc3-c3ccccc3C(F)(F)F)cc2)c1. The number of alkyl halides is 3. The molecule has 0 N–H and O–H groups in total. The summed E-state index contributed by atoms with van der Waals surface area (Å²) in [6.45, 7) is 0. The van der Waals surface area contributed by atoms with E-state index < -0.39 is 27.0 Å². The van der Waals surface area contributed by atoms with Gasteiger partial charge in [-0.2, -0.15) is 18.4 Å². The molecule has 0 aliphatic heterocycles. The van der Waals surface area contributed by atoms with Crippen LogP contribution < -0.4 is 0 Å². The number of rotatable bonds is 5. The van der Waals surface area contributed by atoms with Crippen LogP contribution in [0.3, 0.4) is 0 Å². The van der Waals surface area contributed by atoms with Crippen LogP contribution in [0.5, 0.6) is 0 Å². The molecule has 5 rings (SSSR count). The predicted molar refractivity (Wildman–Crippen MR) is 129 cm³/mol. The van der Waals surface area contributed by atoms with Gasteiger partial charge in [-0.25, -0.2) is 13.4 Å². The minimum atomic E-state index is -4.57. The average molecular weight is 508 g/mol. The highest BCUT2D eigenvalue weighted by molar-refractivity contribution is 7.90. The van der Waals surface area contributed by atoms with Crippen LogP contribution in [0.2, 0.25) is 0 Å². The molecule has 1 aliphatic rings. The van der Waals surface area contributed by atoms with Gasteiger partial charge < -0.3 is 0 Å². The Balaban J connectivity index is 1.62. The zero-order valence-corrected chi connectivity index (χ0v) is 19.9. The van der Waals surface area contributed by atoms with Crippen molar-refractivity contribution in [2.45, 2.75) is 29.3 Å². The Kier molecular flexibility index (Phi) is 5.52. The Morgan fingerprint density at radius 1 is 0.972 bits per heavy atom. The van der Waals surface area contributed by atoms with Crippen molar-refractivity contribution in [1.82, 2.24) is 9.55 Å². The normalized spacial score (nSPS) is 14.9. The highest BCUT2D eigenvalue weighted by Gasteiger charge is 2.48. The summed E-state index contributed by atoms with van der Waals surface area (Å²) in [5, 5.41) is 9.66. The first-order chi connectivity index (χ1) is 17.0. The van der Waals surface area contributed by atoms with Gasteiger partial charge in [0.25, 0.3) is 0 Å². The molecule has 1 aliphatic carbocycles. The van der Waals surface area contributed by atoms with Crippen molar-refractivity contribution in [1.29, 1.82) is 5.26 Å². The van der Waals surface area contributed by atoms with Gasteiger partial charge in [0.05, 0.1) is 22.2 Å². The molecule has 1 aromatic heterocycles. The summed E-state index contributed by atoms with van der Waals surface area (Å²) in [6, 6.07) is 21.1. The van der Waals surface area contributed by atoms with Crippen molar-refractivity contribution in [3.8, 4) is 34.3 Å². The number of sulfone groups is 1. The van der Waals surface area contributed by atoms with Crippen molar-refractivity contribution in [3.63, 3.8) is 0 Å². The molecule has 4 aromatic rings. The van der Waals surface area contributed by atoms with E-state index in [4.69, 9.17) is 0 Å². The maximum atomic E-state index is 13.8. The Hall–Kier alpha value is -3.90. The van der Waals surface area contributed by atoms with E-state index in [1.54, 1.807) is 53.2 Å². The third-order valence-corrected chi connectivity index (χ3v) is 7.48. The van der Waals surface area contributed by atoms with Gasteiger partial charge >= 0.3 is 6.18 Å². The lowest BCUT2D eigenvalue weighted by molar-refractivity contribution is -0.137. The van der Waals surface area contributed by atoms with Gasteiger partial charge in [-0.15, -0.1) is 0 Å². The molecule has 5 nitrogen and oxygen atoms in total. The molecule has 3 aromatic carbocycles. The zero-order valence-electron chi connectivity index (χ0n) is 19.1. The smallest absolute Gasteiger partial charge is 0.299 e. The number of benzene rings is 3. The van der Waals surface area contributed by atoms with E-state index >= 15 is 0 Å². The van der Waals surface area contributed by atoms with E-state index in [-0.39, 0.29) is 16.3 Å². The second kappa shape index (κ2) is 8.35. The third-order valence-electron chi connectivity index (χ3n) is 6.37. The minimum absolute atomic E-state index is 0.0741. The predicted octanol–water partition coefficient (Wildman–Crippen LogP) is 6.18. The molecule has 0 atom stereocenters. The van der Waals surface area contributed by atoms with Crippen LogP contribution in [0.25, 0.3) is 28.2 Å². The van der Waals surface area contributed by atoms with E-state index in [1.807, 2.05) is 0 Å². The summed E-state index contributed by atoms with van der Waals surface area (Å²) < 4.78 is 66.9. The van der Waals surface area contributed by atoms with Gasteiger partial charge in [-0.05, 0) is 54.3 Å². The van der Waals surface area contributed by atoms with Gasteiger partial charge in [-0.1, -0.05) is 42.5 Å². The highest BCUT2D eigenvalue weighted by Crippen LogP contribution is 2.48. The van der Waals surface area contributed by atoms with Gasteiger partial charge in [0.1, 0.15) is 11.2 Å². The maximum Gasteiger partial charge on any atom is 0.417 e. The van der Waals surface area contributed by atoms with Gasteiger partial charge in [0.2, 0.25) is 0 Å². The van der Waals surface area contributed by atoms with Crippen molar-refractivity contribution < 1.29 is 21.6 Å². The Bertz CT molecular complexity index is 1610. The maximum absolute atomic E-state index is 13.8. The third kappa shape index (κ3) is 4.29. The van der Waals surface area contributed by atoms with Crippen LogP contribution in [-0.4, -0.2) is 24.2 Å². The lowest BCUT2D eigenvalue weighted by Crippen LogP contribution is -2.09. The second-order valence-electron chi connectivity index (χ2n) is 8.90. The van der Waals surface area contributed by atoms with E-state index in [9.17, 15) is 26.9 Å². The molecule has 0 spiro atoms. The molecule has 0 saturated heterocycles. The molecule has 0 radical (unpaired) electrons. The van der Waals surface area contributed by atoms with Crippen LogP contribution in [-0.2, 0) is 21.4 Å². The van der Waals surface area contributed by atoms with Crippen LogP contribution in [0.1, 0.15) is 24.1 Å². The second-order valence-corrected chi connectivity index (χ2v) is 10.9. The first kappa shape index (κ1) is 23.8. The zero-order chi connectivity index (χ0) is 25.7. The van der Waals surface area contributed by atoms with Crippen LogP contribution in [0.4, 0.5) is 13.2 Å².